The largest absolute Gasteiger partial charge is 0.477 e. The average Bonchev–Trinajstić information content (AvgIpc) is 2.64. The molecule has 3 N–H and O–H groups in total. The fourth-order valence-corrected chi connectivity index (χ4v) is 4.50. The summed E-state index contributed by atoms with van der Waals surface area (Å²) in [6.07, 6.45) is 0. The summed E-state index contributed by atoms with van der Waals surface area (Å²) >= 11 is 1.45. The van der Waals surface area contributed by atoms with Gasteiger partial charge < -0.3 is 15.7 Å². The molecule has 0 unspecified atom stereocenters. The second kappa shape index (κ2) is 7.48. The molecule has 0 aliphatic carbocycles. The lowest BCUT2D eigenvalue weighted by molar-refractivity contribution is -0.151. The first kappa shape index (κ1) is 19.0. The fraction of sp³-hybridized carbons (Fsp3) is 0.316. The number of allylic oxidation sites excluding steroid dienone is 1. The average molecular weight is 387 g/mol. The van der Waals surface area contributed by atoms with Gasteiger partial charge in [-0.1, -0.05) is 36.9 Å². The van der Waals surface area contributed by atoms with Crippen LogP contribution in [0.1, 0.15) is 25.5 Å². The minimum absolute atomic E-state index is 0.0221. The number of amides is 2. The van der Waals surface area contributed by atoms with Crippen molar-refractivity contribution in [3.8, 4) is 0 Å². The quantitative estimate of drug-likeness (QED) is 0.642. The van der Waals surface area contributed by atoms with Crippen molar-refractivity contribution >= 4 is 29.5 Å². The van der Waals surface area contributed by atoms with Crippen LogP contribution in [0.25, 0.3) is 0 Å². The second-order valence-corrected chi connectivity index (χ2v) is 7.70. The van der Waals surface area contributed by atoms with Crippen LogP contribution in [-0.4, -0.2) is 45.0 Å². The summed E-state index contributed by atoms with van der Waals surface area (Å²) < 4.78 is 0. The summed E-state index contributed by atoms with van der Waals surface area (Å²) in [7, 11) is 0. The smallest absolute Gasteiger partial charge is 0.352 e. The van der Waals surface area contributed by atoms with E-state index in [1.807, 2.05) is 30.3 Å². The van der Waals surface area contributed by atoms with Crippen molar-refractivity contribution in [1.82, 2.24) is 15.5 Å². The molecule has 2 aliphatic heterocycles. The molecule has 1 aromatic carbocycles. The molecule has 2 aliphatic rings. The lowest BCUT2D eigenvalue weighted by atomic mass is 10.0. The molecule has 7 nitrogen and oxygen atoms in total. The van der Waals surface area contributed by atoms with Gasteiger partial charge in [0.25, 0.3) is 5.91 Å². The molecule has 1 aromatic rings. The van der Waals surface area contributed by atoms with Gasteiger partial charge in [0.1, 0.15) is 23.2 Å². The lowest BCUT2D eigenvalue weighted by Gasteiger charge is -2.49. The Morgan fingerprint density at radius 3 is 2.59 bits per heavy atom. The molecule has 3 atom stereocenters. The highest BCUT2D eigenvalue weighted by Gasteiger charge is 2.54. The highest BCUT2D eigenvalue weighted by molar-refractivity contribution is 8.00. The van der Waals surface area contributed by atoms with Gasteiger partial charge in [0.05, 0.1) is 0 Å². The maximum absolute atomic E-state index is 12.9. The molecule has 8 heteroatoms. The first-order valence-electron chi connectivity index (χ1n) is 8.46. The van der Waals surface area contributed by atoms with Crippen molar-refractivity contribution in [1.29, 1.82) is 0 Å². The summed E-state index contributed by atoms with van der Waals surface area (Å²) in [5.41, 5.74) is 2.04. The van der Waals surface area contributed by atoms with Gasteiger partial charge in [0.15, 0.2) is 0 Å². The van der Waals surface area contributed by atoms with Crippen LogP contribution in [0, 0.1) is 0 Å². The molecule has 0 aromatic heterocycles. The van der Waals surface area contributed by atoms with Crippen LogP contribution < -0.4 is 10.6 Å². The lowest BCUT2D eigenvalue weighted by Crippen LogP contribution is -2.71. The Labute approximate surface area is 161 Å². The van der Waals surface area contributed by atoms with E-state index in [1.54, 1.807) is 13.8 Å². The highest BCUT2D eigenvalue weighted by atomic mass is 32.2. The van der Waals surface area contributed by atoms with Gasteiger partial charge in [-0.15, -0.1) is 11.8 Å². The SMILES string of the molecule is C=C(C)N[C@@H](C(=O)N[C@@H]1C(=O)N2C(C(=O)O)=C(C)CS[C@H]12)c1ccccc1. The Hall–Kier alpha value is -2.74. The number of carbonyl (C=O) groups excluding carboxylic acids is 2. The maximum Gasteiger partial charge on any atom is 0.352 e. The third-order valence-electron chi connectivity index (χ3n) is 4.45. The first-order chi connectivity index (χ1) is 12.8. The minimum atomic E-state index is -1.12. The Balaban J connectivity index is 1.77. The first-order valence-corrected chi connectivity index (χ1v) is 9.51. The van der Waals surface area contributed by atoms with Crippen LogP contribution in [0.15, 0.2) is 53.9 Å². The number of carboxylic acids is 1. The molecule has 1 saturated heterocycles. The van der Waals surface area contributed by atoms with Crippen LogP contribution in [0.4, 0.5) is 0 Å². The van der Waals surface area contributed by atoms with Gasteiger partial charge in [-0.05, 0) is 25.0 Å². The highest BCUT2D eigenvalue weighted by Crippen LogP contribution is 2.40. The Kier molecular flexibility index (Phi) is 5.27. The van der Waals surface area contributed by atoms with Crippen molar-refractivity contribution in [2.45, 2.75) is 31.3 Å². The number of nitrogens with one attached hydrogen (secondary N) is 2. The van der Waals surface area contributed by atoms with E-state index in [2.05, 4.69) is 17.2 Å². The zero-order chi connectivity index (χ0) is 19.7. The molecule has 0 bridgehead atoms. The topological polar surface area (TPSA) is 98.7 Å². The molecule has 0 saturated carbocycles. The molecule has 2 amide bonds. The van der Waals surface area contributed by atoms with E-state index in [0.717, 1.165) is 5.56 Å². The standard InChI is InChI=1S/C19H21N3O4S/c1-10(2)20-13(12-7-5-4-6-8-12)16(23)21-14-17(24)22-15(19(25)26)11(3)9-27-18(14)22/h4-8,13-14,18,20H,1,9H2,2-3H3,(H,21,23)(H,25,26)/t13-,14-,18-/m1/s1. The Bertz CT molecular complexity index is 837. The normalized spacial score (nSPS) is 22.4. The molecule has 3 rings (SSSR count). The number of hydrogen-bond donors (Lipinski definition) is 3. The minimum Gasteiger partial charge on any atom is -0.477 e. The summed E-state index contributed by atoms with van der Waals surface area (Å²) in [5, 5.41) is 14.8. The van der Waals surface area contributed by atoms with Gasteiger partial charge >= 0.3 is 5.97 Å². The number of β-lactam (4-membered cyclic amide) rings is 1. The molecule has 2 heterocycles. The summed E-state index contributed by atoms with van der Waals surface area (Å²) in [6, 6.07) is 7.72. The summed E-state index contributed by atoms with van der Waals surface area (Å²) in [4.78, 5) is 38.1. The number of nitrogens with zero attached hydrogens (tertiary/aromatic N) is 1. The van der Waals surface area contributed by atoms with Crippen LogP contribution in [0.3, 0.4) is 0 Å². The van der Waals surface area contributed by atoms with Crippen molar-refractivity contribution in [3.63, 3.8) is 0 Å². The predicted molar refractivity (Wildman–Crippen MR) is 102 cm³/mol. The van der Waals surface area contributed by atoms with E-state index < -0.39 is 29.3 Å². The number of aliphatic carboxylic acids is 1. The van der Waals surface area contributed by atoms with Crippen LogP contribution in [-0.2, 0) is 14.4 Å². The van der Waals surface area contributed by atoms with Gasteiger partial charge in [0, 0.05) is 11.4 Å². The van der Waals surface area contributed by atoms with E-state index in [9.17, 15) is 19.5 Å². The predicted octanol–water partition coefficient (Wildman–Crippen LogP) is 1.61. The third-order valence-corrected chi connectivity index (χ3v) is 5.87. The number of hydrogen-bond acceptors (Lipinski definition) is 5. The molecule has 0 radical (unpaired) electrons. The molecule has 1 fully saturated rings. The number of rotatable bonds is 6. The van der Waals surface area contributed by atoms with Crippen LogP contribution in [0.2, 0.25) is 0 Å². The number of benzene rings is 1. The van der Waals surface area contributed by atoms with E-state index in [0.29, 0.717) is 17.0 Å². The number of thioether (sulfide) groups is 1. The second-order valence-electron chi connectivity index (χ2n) is 6.60. The fourth-order valence-electron chi connectivity index (χ4n) is 3.20. The Morgan fingerprint density at radius 2 is 2.00 bits per heavy atom. The van der Waals surface area contributed by atoms with Crippen LogP contribution in [0.5, 0.6) is 0 Å². The van der Waals surface area contributed by atoms with Crippen molar-refractivity contribution in [2.75, 3.05) is 5.75 Å². The van der Waals surface area contributed by atoms with E-state index in [-0.39, 0.29) is 11.6 Å². The van der Waals surface area contributed by atoms with Crippen molar-refractivity contribution in [3.05, 3.63) is 59.4 Å². The van der Waals surface area contributed by atoms with Crippen molar-refractivity contribution in [2.24, 2.45) is 0 Å². The zero-order valence-corrected chi connectivity index (χ0v) is 15.9. The monoisotopic (exact) mass is 387 g/mol. The summed E-state index contributed by atoms with van der Waals surface area (Å²) in [6.45, 7) is 7.25. The van der Waals surface area contributed by atoms with Gasteiger partial charge in [-0.3, -0.25) is 14.5 Å². The number of carboxylic acid groups (broad SMARTS) is 1. The molecule has 0 spiro atoms. The number of fused-ring (bicyclic) bond motifs is 1. The summed E-state index contributed by atoms with van der Waals surface area (Å²) in [5.74, 6) is -1.37. The van der Waals surface area contributed by atoms with E-state index in [4.69, 9.17) is 0 Å². The van der Waals surface area contributed by atoms with E-state index in [1.165, 1.54) is 16.7 Å². The zero-order valence-electron chi connectivity index (χ0n) is 15.1. The third kappa shape index (κ3) is 3.57. The molecule has 27 heavy (non-hydrogen) atoms. The van der Waals surface area contributed by atoms with Crippen molar-refractivity contribution < 1.29 is 19.5 Å². The van der Waals surface area contributed by atoms with Gasteiger partial charge in [-0.2, -0.15) is 0 Å². The Morgan fingerprint density at radius 1 is 1.33 bits per heavy atom. The molecular weight excluding hydrogens is 366 g/mol. The van der Waals surface area contributed by atoms with Gasteiger partial charge in [0.2, 0.25) is 5.91 Å². The maximum atomic E-state index is 12.9. The molecule has 142 valence electrons. The van der Waals surface area contributed by atoms with Crippen LogP contribution >= 0.6 is 11.8 Å². The van der Waals surface area contributed by atoms with Gasteiger partial charge in [-0.25, -0.2) is 4.79 Å². The van der Waals surface area contributed by atoms with E-state index >= 15 is 0 Å². The molecular formula is C19H21N3O4S. The number of carbonyl (C=O) groups is 3.